The molecule has 238 valence electrons. The van der Waals surface area contributed by atoms with Gasteiger partial charge in [-0.15, -0.1) is 0 Å². The number of piperidine rings is 1. The molecule has 0 amide bonds. The molecule has 1 aliphatic carbocycles. The molecule has 9 heteroatoms. The summed E-state index contributed by atoms with van der Waals surface area (Å²) in [4.78, 5) is 2.37. The number of anilines is 1. The van der Waals surface area contributed by atoms with Crippen LogP contribution in [0.3, 0.4) is 0 Å². The van der Waals surface area contributed by atoms with Crippen molar-refractivity contribution in [2.45, 2.75) is 69.7 Å². The highest BCUT2D eigenvalue weighted by molar-refractivity contribution is 5.61. The second kappa shape index (κ2) is 15.2. The van der Waals surface area contributed by atoms with Crippen molar-refractivity contribution in [3.05, 3.63) is 59.2 Å². The summed E-state index contributed by atoms with van der Waals surface area (Å²) in [5.41, 5.74) is 4.33. The minimum Gasteiger partial charge on any atom is -0.490 e. The van der Waals surface area contributed by atoms with Crippen LogP contribution >= 0.6 is 0 Å². The molecule has 43 heavy (non-hydrogen) atoms. The summed E-state index contributed by atoms with van der Waals surface area (Å²) < 4.78 is 36.1. The highest BCUT2D eigenvalue weighted by atomic mass is 16.7. The van der Waals surface area contributed by atoms with Gasteiger partial charge in [0.1, 0.15) is 12.4 Å². The van der Waals surface area contributed by atoms with Gasteiger partial charge in [-0.25, -0.2) is 0 Å². The minimum atomic E-state index is -0.791. The Morgan fingerprint density at radius 2 is 1.84 bits per heavy atom. The van der Waals surface area contributed by atoms with Crippen LogP contribution in [0.5, 0.6) is 5.75 Å². The first kappa shape index (κ1) is 32.2. The van der Waals surface area contributed by atoms with E-state index in [1.165, 1.54) is 12.8 Å². The largest absolute Gasteiger partial charge is 0.490 e. The van der Waals surface area contributed by atoms with Crippen molar-refractivity contribution in [1.29, 1.82) is 0 Å². The molecule has 2 fully saturated rings. The van der Waals surface area contributed by atoms with Gasteiger partial charge in [-0.3, -0.25) is 0 Å². The molecule has 2 aromatic carbocycles. The monoisotopic (exact) mass is 598 g/mol. The van der Waals surface area contributed by atoms with E-state index in [-0.39, 0.29) is 24.7 Å². The molecule has 0 aromatic heterocycles. The Kier molecular flexibility index (Phi) is 11.3. The van der Waals surface area contributed by atoms with E-state index in [0.29, 0.717) is 38.8 Å². The van der Waals surface area contributed by atoms with Crippen LogP contribution in [0.4, 0.5) is 5.69 Å². The molecule has 5 atom stereocenters. The van der Waals surface area contributed by atoms with E-state index in [1.807, 2.05) is 6.92 Å². The lowest BCUT2D eigenvalue weighted by atomic mass is 9.84. The van der Waals surface area contributed by atoms with Crippen LogP contribution in [0.1, 0.15) is 55.7 Å². The summed E-state index contributed by atoms with van der Waals surface area (Å²) in [7, 11) is 3.44. The van der Waals surface area contributed by atoms with Gasteiger partial charge in [-0.2, -0.15) is 0 Å². The molecule has 2 aliphatic heterocycles. The first-order chi connectivity index (χ1) is 20.9. The molecule has 0 radical (unpaired) electrons. The molecular formula is C34H50N2O7. The molecule has 5 rings (SSSR count). The van der Waals surface area contributed by atoms with Crippen molar-refractivity contribution in [2.24, 2.45) is 5.92 Å². The number of aliphatic hydroxyl groups excluding tert-OH is 1. The summed E-state index contributed by atoms with van der Waals surface area (Å²) in [5, 5.41) is 13.5. The van der Waals surface area contributed by atoms with Gasteiger partial charge in [0.15, 0.2) is 5.79 Å². The van der Waals surface area contributed by atoms with Gasteiger partial charge in [0.05, 0.1) is 50.4 Å². The zero-order valence-corrected chi connectivity index (χ0v) is 26.3. The summed E-state index contributed by atoms with van der Waals surface area (Å²) in [5.74, 6) is 0.762. The van der Waals surface area contributed by atoms with Crippen molar-refractivity contribution in [3.8, 4) is 5.75 Å². The van der Waals surface area contributed by atoms with Crippen LogP contribution in [0.2, 0.25) is 0 Å². The number of methoxy groups -OCH3 is 2. The Morgan fingerprint density at radius 3 is 2.53 bits per heavy atom. The fourth-order valence-corrected chi connectivity index (χ4v) is 5.95. The van der Waals surface area contributed by atoms with Gasteiger partial charge in [-0.05, 0) is 62.3 Å². The number of nitrogens with zero attached hydrogens (tertiary/aromatic N) is 1. The number of nitrogens with one attached hydrogen (secondary N) is 1. The Labute approximate surface area is 256 Å². The zero-order chi connectivity index (χ0) is 30.2. The average molecular weight is 599 g/mol. The maximum Gasteiger partial charge on any atom is 0.191 e. The normalized spacial score (nSPS) is 24.2. The fraction of sp³-hybridized carbons (Fsp3) is 0.647. The Hall–Kier alpha value is -2.24. The lowest BCUT2D eigenvalue weighted by molar-refractivity contribution is -0.221. The molecule has 0 spiro atoms. The van der Waals surface area contributed by atoms with Gasteiger partial charge >= 0.3 is 0 Å². The second-order valence-electron chi connectivity index (χ2n) is 12.3. The summed E-state index contributed by atoms with van der Waals surface area (Å²) >= 11 is 0. The number of hydrogen-bond donors (Lipinski definition) is 2. The van der Waals surface area contributed by atoms with E-state index in [4.69, 9.17) is 28.4 Å². The lowest BCUT2D eigenvalue weighted by Crippen LogP contribution is -2.51. The first-order valence-corrected chi connectivity index (χ1v) is 15.8. The van der Waals surface area contributed by atoms with E-state index < -0.39 is 11.9 Å². The van der Waals surface area contributed by atoms with Crippen molar-refractivity contribution < 1.29 is 33.5 Å². The van der Waals surface area contributed by atoms with E-state index >= 15 is 0 Å². The second-order valence-corrected chi connectivity index (χ2v) is 12.3. The molecule has 2 N–H and O–H groups in total. The van der Waals surface area contributed by atoms with Gasteiger partial charge in [0.2, 0.25) is 0 Å². The zero-order valence-electron chi connectivity index (χ0n) is 26.3. The van der Waals surface area contributed by atoms with Crippen LogP contribution in [-0.4, -0.2) is 90.2 Å². The number of aliphatic hydroxyl groups is 1. The van der Waals surface area contributed by atoms with Crippen LogP contribution in [0, 0.1) is 5.92 Å². The SMILES string of the molecule is COCCCN1CCOc2ccc(CO[C@H]3CNC[C@@H](OC[C@H](C)O)[C@@H]3c3ccc([C@@](C)(OC)OCC4CC4)cc3)cc21. The molecule has 2 aromatic rings. The van der Waals surface area contributed by atoms with Crippen LogP contribution in [0.25, 0.3) is 0 Å². The quantitative estimate of drug-likeness (QED) is 0.218. The lowest BCUT2D eigenvalue weighted by Gasteiger charge is -2.39. The van der Waals surface area contributed by atoms with Crippen LogP contribution in [0.15, 0.2) is 42.5 Å². The van der Waals surface area contributed by atoms with Crippen LogP contribution in [-0.2, 0) is 36.1 Å². The van der Waals surface area contributed by atoms with Crippen molar-refractivity contribution >= 4 is 5.69 Å². The highest BCUT2D eigenvalue weighted by Gasteiger charge is 2.37. The molecule has 9 nitrogen and oxygen atoms in total. The maximum atomic E-state index is 9.97. The van der Waals surface area contributed by atoms with E-state index in [0.717, 1.165) is 54.2 Å². The highest BCUT2D eigenvalue weighted by Crippen LogP contribution is 2.37. The van der Waals surface area contributed by atoms with E-state index in [2.05, 4.69) is 52.7 Å². The third-order valence-corrected chi connectivity index (χ3v) is 8.77. The summed E-state index contributed by atoms with van der Waals surface area (Å²) in [6, 6.07) is 14.8. The fourth-order valence-electron chi connectivity index (χ4n) is 5.95. The predicted molar refractivity (Wildman–Crippen MR) is 166 cm³/mol. The average Bonchev–Trinajstić information content (AvgIpc) is 3.87. The third kappa shape index (κ3) is 8.48. The van der Waals surface area contributed by atoms with E-state index in [9.17, 15) is 5.11 Å². The molecule has 3 aliphatic rings. The molecule has 0 unspecified atom stereocenters. The Morgan fingerprint density at radius 1 is 1.07 bits per heavy atom. The van der Waals surface area contributed by atoms with Gasteiger partial charge < -0.3 is 43.7 Å². The van der Waals surface area contributed by atoms with Gasteiger partial charge in [0.25, 0.3) is 0 Å². The molecular weight excluding hydrogens is 548 g/mol. The first-order valence-electron chi connectivity index (χ1n) is 15.8. The van der Waals surface area contributed by atoms with Crippen molar-refractivity contribution in [1.82, 2.24) is 5.32 Å². The third-order valence-electron chi connectivity index (χ3n) is 8.77. The molecule has 1 saturated heterocycles. The van der Waals surface area contributed by atoms with Crippen molar-refractivity contribution in [3.63, 3.8) is 0 Å². The number of fused-ring (bicyclic) bond motifs is 1. The standard InChI is InChI=1S/C34H50N2O7/c1-24(37)21-41-31-19-35-20-32(33(31)27-9-11-28(12-10-27)34(2,39-4)43-23-25-6-7-25)42-22-26-8-13-30-29(18-26)36(15-17-40-30)14-5-16-38-3/h8-13,18,24-25,31-33,35,37H,5-7,14-17,19-23H2,1-4H3/t24-,31+,32-,33-,34-/m0/s1. The molecule has 2 heterocycles. The Balaban J connectivity index is 1.31. The summed E-state index contributed by atoms with van der Waals surface area (Å²) in [6.45, 7) is 9.80. The number of ether oxygens (including phenoxy) is 6. The predicted octanol–water partition coefficient (Wildman–Crippen LogP) is 4.21. The summed E-state index contributed by atoms with van der Waals surface area (Å²) in [6.07, 6.45) is 2.62. The topological polar surface area (TPSA) is 90.9 Å². The maximum absolute atomic E-state index is 9.97. The van der Waals surface area contributed by atoms with Gasteiger partial charge in [-0.1, -0.05) is 30.3 Å². The molecule has 1 saturated carbocycles. The smallest absolute Gasteiger partial charge is 0.191 e. The minimum absolute atomic E-state index is 0.0123. The van der Waals surface area contributed by atoms with Gasteiger partial charge in [0, 0.05) is 51.9 Å². The number of benzene rings is 2. The van der Waals surface area contributed by atoms with E-state index in [1.54, 1.807) is 21.1 Å². The van der Waals surface area contributed by atoms with Crippen LogP contribution < -0.4 is 15.0 Å². The molecule has 0 bridgehead atoms. The van der Waals surface area contributed by atoms with Crippen molar-refractivity contribution in [2.75, 3.05) is 71.7 Å². The number of hydrogen-bond acceptors (Lipinski definition) is 9. The number of rotatable bonds is 16. The Bertz CT molecular complexity index is 1140.